The quantitative estimate of drug-likeness (QED) is 0.402. The van der Waals surface area contributed by atoms with Crippen molar-refractivity contribution in [3.8, 4) is 17.5 Å². The number of pyridine rings is 2. The van der Waals surface area contributed by atoms with Crippen LogP contribution in [-0.4, -0.2) is 9.97 Å². The zero-order valence-corrected chi connectivity index (χ0v) is 18.3. The summed E-state index contributed by atoms with van der Waals surface area (Å²) in [6.45, 7) is 5.44. The molecule has 6 nitrogen and oxygen atoms in total. The molecule has 3 aromatic heterocycles. The van der Waals surface area contributed by atoms with Gasteiger partial charge in [0, 0.05) is 11.1 Å². The summed E-state index contributed by atoms with van der Waals surface area (Å²) in [7, 11) is 0. The van der Waals surface area contributed by atoms with E-state index in [4.69, 9.17) is 16.0 Å². The van der Waals surface area contributed by atoms with E-state index in [2.05, 4.69) is 15.3 Å². The molecule has 8 heteroatoms. The fourth-order valence-corrected chi connectivity index (χ4v) is 3.74. The molecule has 1 N–H and O–H groups in total. The highest BCUT2D eigenvalue weighted by atomic mass is 35.5. The zero-order chi connectivity index (χ0) is 23.0. The van der Waals surface area contributed by atoms with Gasteiger partial charge in [-0.3, -0.25) is 4.79 Å². The molecule has 1 aromatic carbocycles. The standard InChI is InChI=1S/C24H18ClFN4O2/c1-12-8-16(14(3)29-18-6-7-21(25)30-20(18)10-27)24-17(9-12)22(31)13(2)23(32-24)19-5-4-15(26)11-28-19/h4-9,11,14,29H,1-3H3. The van der Waals surface area contributed by atoms with Crippen LogP contribution in [0.5, 0.6) is 0 Å². The molecule has 4 aromatic rings. The van der Waals surface area contributed by atoms with Gasteiger partial charge in [-0.2, -0.15) is 5.26 Å². The van der Waals surface area contributed by atoms with E-state index in [1.807, 2.05) is 26.0 Å². The Labute approximate surface area is 188 Å². The lowest BCUT2D eigenvalue weighted by molar-refractivity contribution is 0.598. The van der Waals surface area contributed by atoms with Crippen molar-refractivity contribution < 1.29 is 8.81 Å². The van der Waals surface area contributed by atoms with Crippen molar-refractivity contribution in [1.29, 1.82) is 5.26 Å². The van der Waals surface area contributed by atoms with E-state index in [1.165, 1.54) is 12.1 Å². The van der Waals surface area contributed by atoms with Crippen molar-refractivity contribution in [3.63, 3.8) is 0 Å². The Balaban J connectivity index is 1.88. The molecule has 32 heavy (non-hydrogen) atoms. The lowest BCUT2D eigenvalue weighted by Gasteiger charge is -2.19. The van der Waals surface area contributed by atoms with E-state index in [0.717, 1.165) is 17.3 Å². The topological polar surface area (TPSA) is 91.8 Å². The fourth-order valence-electron chi connectivity index (χ4n) is 3.59. The summed E-state index contributed by atoms with van der Waals surface area (Å²) in [6.07, 6.45) is 1.08. The molecule has 0 bridgehead atoms. The van der Waals surface area contributed by atoms with Gasteiger partial charge >= 0.3 is 0 Å². The van der Waals surface area contributed by atoms with E-state index >= 15 is 0 Å². The van der Waals surface area contributed by atoms with E-state index in [-0.39, 0.29) is 28.1 Å². The lowest BCUT2D eigenvalue weighted by atomic mass is 9.99. The van der Waals surface area contributed by atoms with Gasteiger partial charge in [0.15, 0.2) is 16.9 Å². The first-order valence-electron chi connectivity index (χ1n) is 9.81. The second kappa shape index (κ2) is 8.40. The third-order valence-corrected chi connectivity index (χ3v) is 5.37. The van der Waals surface area contributed by atoms with Crippen molar-refractivity contribution in [3.05, 3.63) is 86.2 Å². The number of nitrogens with zero attached hydrogens (tertiary/aromatic N) is 3. The number of aryl methyl sites for hydroxylation is 1. The van der Waals surface area contributed by atoms with E-state index in [1.54, 1.807) is 25.1 Å². The highest BCUT2D eigenvalue weighted by Gasteiger charge is 2.20. The van der Waals surface area contributed by atoms with Gasteiger partial charge in [0.25, 0.3) is 0 Å². The van der Waals surface area contributed by atoms with Gasteiger partial charge in [-0.05, 0) is 56.7 Å². The van der Waals surface area contributed by atoms with Gasteiger partial charge in [0.05, 0.1) is 23.3 Å². The molecule has 0 spiro atoms. The first kappa shape index (κ1) is 21.5. The Kier molecular flexibility index (Phi) is 5.64. The van der Waals surface area contributed by atoms with Crippen LogP contribution in [-0.2, 0) is 0 Å². The molecule has 0 radical (unpaired) electrons. The fraction of sp³-hybridized carbons (Fsp3) is 0.167. The van der Waals surface area contributed by atoms with Gasteiger partial charge in [0.1, 0.15) is 28.3 Å². The molecule has 0 saturated heterocycles. The second-order valence-electron chi connectivity index (χ2n) is 7.49. The van der Waals surface area contributed by atoms with Crippen molar-refractivity contribution in [2.75, 3.05) is 5.32 Å². The number of hydrogen-bond acceptors (Lipinski definition) is 6. The summed E-state index contributed by atoms with van der Waals surface area (Å²) in [5.74, 6) is -0.195. The van der Waals surface area contributed by atoms with Crippen molar-refractivity contribution >= 4 is 28.3 Å². The number of aromatic nitrogens is 2. The van der Waals surface area contributed by atoms with Crippen LogP contribution in [0.4, 0.5) is 10.1 Å². The SMILES string of the molecule is Cc1cc(C(C)Nc2ccc(Cl)nc2C#N)c2oc(-c3ccc(F)cn3)c(C)c(=O)c2c1. The molecule has 0 amide bonds. The average Bonchev–Trinajstić information content (AvgIpc) is 2.78. The van der Waals surface area contributed by atoms with Crippen LogP contribution in [0.3, 0.4) is 0 Å². The maximum atomic E-state index is 13.3. The summed E-state index contributed by atoms with van der Waals surface area (Å²) in [4.78, 5) is 21.3. The average molecular weight is 449 g/mol. The molecular weight excluding hydrogens is 431 g/mol. The van der Waals surface area contributed by atoms with Crippen molar-refractivity contribution in [2.45, 2.75) is 26.8 Å². The van der Waals surface area contributed by atoms with Crippen LogP contribution in [0.15, 0.2) is 51.8 Å². The Hall–Kier alpha value is -3.76. The Morgan fingerprint density at radius 3 is 2.69 bits per heavy atom. The van der Waals surface area contributed by atoms with Gasteiger partial charge < -0.3 is 9.73 Å². The summed E-state index contributed by atoms with van der Waals surface area (Å²) in [5, 5.41) is 13.3. The van der Waals surface area contributed by atoms with Crippen LogP contribution in [0.2, 0.25) is 5.15 Å². The smallest absolute Gasteiger partial charge is 0.196 e. The predicted molar refractivity (Wildman–Crippen MR) is 121 cm³/mol. The van der Waals surface area contributed by atoms with Gasteiger partial charge in [-0.15, -0.1) is 0 Å². The number of halogens is 2. The van der Waals surface area contributed by atoms with Gasteiger partial charge in [0.2, 0.25) is 0 Å². The first-order valence-corrected chi connectivity index (χ1v) is 10.2. The highest BCUT2D eigenvalue weighted by molar-refractivity contribution is 6.29. The molecule has 0 aliphatic carbocycles. The molecule has 0 fully saturated rings. The minimum Gasteiger partial charge on any atom is -0.454 e. The number of nitrogens with one attached hydrogen (secondary N) is 1. The number of fused-ring (bicyclic) bond motifs is 1. The van der Waals surface area contributed by atoms with Crippen LogP contribution < -0.4 is 10.7 Å². The number of anilines is 1. The van der Waals surface area contributed by atoms with Crippen LogP contribution in [0, 0.1) is 31.0 Å². The van der Waals surface area contributed by atoms with Crippen molar-refractivity contribution in [2.24, 2.45) is 0 Å². The van der Waals surface area contributed by atoms with E-state index in [9.17, 15) is 14.4 Å². The minimum atomic E-state index is -0.478. The summed E-state index contributed by atoms with van der Waals surface area (Å²) in [6, 6.07) is 11.4. The Bertz CT molecular complexity index is 1440. The number of benzene rings is 1. The molecular formula is C24H18ClFN4O2. The normalized spacial score (nSPS) is 11.9. The van der Waals surface area contributed by atoms with Gasteiger partial charge in [-0.1, -0.05) is 17.7 Å². The Morgan fingerprint density at radius 2 is 2.00 bits per heavy atom. The summed E-state index contributed by atoms with van der Waals surface area (Å²) in [5.41, 5.74) is 3.24. The molecule has 160 valence electrons. The van der Waals surface area contributed by atoms with Gasteiger partial charge in [-0.25, -0.2) is 14.4 Å². The highest BCUT2D eigenvalue weighted by Crippen LogP contribution is 2.32. The molecule has 1 atom stereocenters. The molecule has 4 rings (SSSR count). The second-order valence-corrected chi connectivity index (χ2v) is 7.87. The Morgan fingerprint density at radius 1 is 1.22 bits per heavy atom. The summed E-state index contributed by atoms with van der Waals surface area (Å²) < 4.78 is 19.5. The number of nitriles is 1. The maximum absolute atomic E-state index is 13.3. The number of rotatable bonds is 4. The summed E-state index contributed by atoms with van der Waals surface area (Å²) >= 11 is 5.90. The third-order valence-electron chi connectivity index (χ3n) is 5.16. The number of hydrogen-bond donors (Lipinski definition) is 1. The largest absolute Gasteiger partial charge is 0.454 e. The minimum absolute atomic E-state index is 0.162. The molecule has 3 heterocycles. The van der Waals surface area contributed by atoms with Crippen LogP contribution in [0.25, 0.3) is 22.4 Å². The van der Waals surface area contributed by atoms with Crippen LogP contribution in [0.1, 0.15) is 35.3 Å². The van der Waals surface area contributed by atoms with Crippen LogP contribution >= 0.6 is 11.6 Å². The first-order chi connectivity index (χ1) is 15.3. The molecule has 1 unspecified atom stereocenters. The molecule has 0 aliphatic heterocycles. The van der Waals surface area contributed by atoms with Crippen molar-refractivity contribution in [1.82, 2.24) is 9.97 Å². The third kappa shape index (κ3) is 3.93. The maximum Gasteiger partial charge on any atom is 0.196 e. The van der Waals surface area contributed by atoms with E-state index < -0.39 is 5.82 Å². The molecule has 0 saturated carbocycles. The predicted octanol–water partition coefficient (Wildman–Crippen LogP) is 5.70. The van der Waals surface area contributed by atoms with E-state index in [0.29, 0.717) is 27.9 Å². The zero-order valence-electron chi connectivity index (χ0n) is 17.5. The monoisotopic (exact) mass is 448 g/mol. The lowest BCUT2D eigenvalue weighted by Crippen LogP contribution is -2.13. The molecule has 0 aliphatic rings.